The van der Waals surface area contributed by atoms with Crippen molar-refractivity contribution in [1.29, 1.82) is 0 Å². The summed E-state index contributed by atoms with van der Waals surface area (Å²) < 4.78 is 8.33. The van der Waals surface area contributed by atoms with E-state index in [4.69, 9.17) is 34.7 Å². The van der Waals surface area contributed by atoms with Crippen LogP contribution < -0.4 is 16.9 Å². The molecule has 0 spiro atoms. The van der Waals surface area contributed by atoms with Crippen molar-refractivity contribution in [2.75, 3.05) is 26.0 Å². The second-order valence-electron chi connectivity index (χ2n) is 7.25. The van der Waals surface area contributed by atoms with E-state index < -0.39 is 12.3 Å². The molecule has 1 aliphatic heterocycles. The van der Waals surface area contributed by atoms with E-state index in [-0.39, 0.29) is 17.2 Å². The quantitative estimate of drug-likeness (QED) is 0.0403. The number of nitrogens with two attached hydrogens (primary N) is 2. The summed E-state index contributed by atoms with van der Waals surface area (Å²) >= 11 is 9.53. The van der Waals surface area contributed by atoms with Crippen LogP contribution in [0.15, 0.2) is 41.5 Å². The van der Waals surface area contributed by atoms with E-state index >= 15 is 0 Å². The number of ether oxygens (including phenoxy) is 1. The van der Waals surface area contributed by atoms with Crippen molar-refractivity contribution in [3.63, 3.8) is 0 Å². The Kier molecular flexibility index (Phi) is 30.5. The van der Waals surface area contributed by atoms with Crippen LogP contribution in [-0.4, -0.2) is 73.4 Å². The van der Waals surface area contributed by atoms with E-state index in [1.807, 2.05) is 19.1 Å². The van der Waals surface area contributed by atoms with Crippen LogP contribution in [0.4, 0.5) is 0 Å². The number of halogens is 2. The smallest absolute Gasteiger partial charge is 0.305 e. The number of imide groups is 1. The Hall–Kier alpha value is -2.73. The van der Waals surface area contributed by atoms with Crippen LogP contribution in [0.1, 0.15) is 55.5 Å². The van der Waals surface area contributed by atoms with Gasteiger partial charge in [-0.1, -0.05) is 30.7 Å². The van der Waals surface area contributed by atoms with Gasteiger partial charge in [0.2, 0.25) is 6.35 Å². The molecule has 1 atom stereocenters. The van der Waals surface area contributed by atoms with E-state index in [0.717, 1.165) is 43.1 Å². The Labute approximate surface area is 248 Å². The molecule has 12 nitrogen and oxygen atoms in total. The molecule has 1 aromatic rings. The fourth-order valence-electron chi connectivity index (χ4n) is 2.55. The predicted octanol–water partition coefficient (Wildman–Crippen LogP) is 2.71. The Balaban J connectivity index is -0.000000485. The summed E-state index contributed by atoms with van der Waals surface area (Å²) in [5.74, 6) is -0.925. The number of nitrogens with zero attached hydrogens (tertiary/aromatic N) is 2. The van der Waals surface area contributed by atoms with Crippen molar-refractivity contribution < 1.29 is 33.2 Å². The highest BCUT2D eigenvalue weighted by molar-refractivity contribution is 7.09. The number of esters is 1. The molecular formula is C25H40Cl2N5O7P. The van der Waals surface area contributed by atoms with Gasteiger partial charge < -0.3 is 19.5 Å². The fraction of sp³-hybridized carbons (Fsp3) is 0.440. The molecule has 0 radical (unpaired) electrons. The zero-order chi connectivity index (χ0) is 31.3. The van der Waals surface area contributed by atoms with Gasteiger partial charge in [0.05, 0.1) is 11.1 Å². The van der Waals surface area contributed by atoms with Crippen molar-refractivity contribution in [2.45, 2.75) is 45.9 Å². The van der Waals surface area contributed by atoms with E-state index in [9.17, 15) is 24.0 Å². The first kappa shape index (κ1) is 41.7. The van der Waals surface area contributed by atoms with Gasteiger partial charge in [0, 0.05) is 51.8 Å². The standard InChI is InChI=1S/C10H12N2O.C10H13NO3.C3H8N2O2.CH2Cl2.CH5OP/c1-8(12-11-2)10-5-3-9(7-13)4-6-10;12-8-4-2-1-3-7-11-9(13)5-6-10(11)14;1-2(6)7-3(4)5;2-1-3;1-2-3/h3-7,11H,1-2H3;5-6,8H,1-4,7H2;3H,4-5H2,1H3;1H2;3H2,1H3/b12-8+;;;;. The zero-order valence-electron chi connectivity index (χ0n) is 23.2. The largest absolute Gasteiger partial charge is 0.434 e. The fourth-order valence-corrected chi connectivity index (χ4v) is 2.55. The number of hydrazone groups is 1. The minimum atomic E-state index is -0.975. The molecule has 0 aromatic heterocycles. The van der Waals surface area contributed by atoms with Gasteiger partial charge >= 0.3 is 5.97 Å². The Morgan fingerprint density at radius 2 is 1.57 bits per heavy atom. The highest BCUT2D eigenvalue weighted by atomic mass is 35.5. The summed E-state index contributed by atoms with van der Waals surface area (Å²) in [6.07, 6.45) is 6.33. The number of unbranched alkanes of at least 4 members (excludes halogenated alkanes) is 3. The third kappa shape index (κ3) is 25.5. The summed E-state index contributed by atoms with van der Waals surface area (Å²) in [4.78, 5) is 53.6. The highest BCUT2D eigenvalue weighted by Crippen LogP contribution is 2.07. The van der Waals surface area contributed by atoms with Gasteiger partial charge in [0.15, 0.2) is 0 Å². The van der Waals surface area contributed by atoms with Gasteiger partial charge in [-0.25, -0.2) is 0 Å². The minimum absolute atomic E-state index is 0.194. The van der Waals surface area contributed by atoms with Crippen molar-refractivity contribution in [1.82, 2.24) is 10.3 Å². The number of benzene rings is 1. The van der Waals surface area contributed by atoms with E-state index in [2.05, 4.69) is 29.3 Å². The van der Waals surface area contributed by atoms with E-state index in [1.54, 1.807) is 26.3 Å². The zero-order valence-corrected chi connectivity index (χ0v) is 25.8. The van der Waals surface area contributed by atoms with Crippen molar-refractivity contribution in [2.24, 2.45) is 16.6 Å². The molecule has 2 amide bonds. The first-order valence-electron chi connectivity index (χ1n) is 11.8. The topological polar surface area (TPSA) is 183 Å². The molecule has 15 heteroatoms. The second-order valence-corrected chi connectivity index (χ2v) is 8.53. The molecule has 0 saturated heterocycles. The lowest BCUT2D eigenvalue weighted by atomic mass is 10.1. The monoisotopic (exact) mass is 623 g/mol. The molecule has 2 rings (SSSR count). The van der Waals surface area contributed by atoms with Crippen molar-refractivity contribution in [3.05, 3.63) is 47.5 Å². The number of hydrogen-bond acceptors (Lipinski definition) is 11. The highest BCUT2D eigenvalue weighted by Gasteiger charge is 2.21. The Morgan fingerprint density at radius 1 is 1.07 bits per heavy atom. The minimum Gasteiger partial charge on any atom is -0.434 e. The van der Waals surface area contributed by atoms with Crippen molar-refractivity contribution in [3.8, 4) is 0 Å². The molecule has 226 valence electrons. The summed E-state index contributed by atoms with van der Waals surface area (Å²) in [6, 6.07) is 7.30. The predicted molar refractivity (Wildman–Crippen MR) is 161 cm³/mol. The average molecular weight is 625 g/mol. The summed E-state index contributed by atoms with van der Waals surface area (Å²) in [5.41, 5.74) is 15.0. The lowest BCUT2D eigenvalue weighted by Gasteiger charge is -2.12. The first-order valence-corrected chi connectivity index (χ1v) is 13.3. The van der Waals surface area contributed by atoms with Gasteiger partial charge in [-0.05, 0) is 34.8 Å². The normalized spacial score (nSPS) is 11.4. The Bertz CT molecular complexity index is 897. The van der Waals surface area contributed by atoms with Gasteiger partial charge in [0.1, 0.15) is 12.6 Å². The van der Waals surface area contributed by atoms with Crippen LogP contribution in [0, 0.1) is 0 Å². The number of hydrogen-bond donors (Lipinski definition) is 3. The third-order valence-corrected chi connectivity index (χ3v) is 4.15. The molecule has 1 aliphatic rings. The third-order valence-electron chi connectivity index (χ3n) is 4.15. The van der Waals surface area contributed by atoms with Gasteiger partial charge in [-0.2, -0.15) is 5.10 Å². The molecule has 0 fully saturated rings. The van der Waals surface area contributed by atoms with E-state index in [0.29, 0.717) is 18.5 Å². The van der Waals surface area contributed by atoms with Gasteiger partial charge in [0.25, 0.3) is 11.8 Å². The van der Waals surface area contributed by atoms with Crippen LogP contribution in [0.5, 0.6) is 0 Å². The molecule has 40 heavy (non-hydrogen) atoms. The molecule has 1 unspecified atom stereocenters. The lowest BCUT2D eigenvalue weighted by molar-refractivity contribution is -0.145. The Morgan fingerprint density at radius 3 is 1.93 bits per heavy atom. The maximum Gasteiger partial charge on any atom is 0.305 e. The van der Waals surface area contributed by atoms with Crippen LogP contribution in [0.3, 0.4) is 0 Å². The maximum absolute atomic E-state index is 11.1. The van der Waals surface area contributed by atoms with Gasteiger partial charge in [-0.15, -0.1) is 23.2 Å². The number of aldehydes is 2. The molecule has 0 saturated carbocycles. The number of rotatable bonds is 10. The summed E-state index contributed by atoms with van der Waals surface area (Å²) in [5, 5.41) is 4.22. The van der Waals surface area contributed by atoms with Crippen LogP contribution in [0.25, 0.3) is 0 Å². The van der Waals surface area contributed by atoms with E-state index in [1.165, 1.54) is 24.0 Å². The average Bonchev–Trinajstić information content (AvgIpc) is 3.22. The number of nitrogens with one attached hydrogen (secondary N) is 1. The number of alkyl halides is 2. The number of carbonyl (C=O) groups is 5. The molecule has 5 N–H and O–H groups in total. The maximum atomic E-state index is 11.1. The van der Waals surface area contributed by atoms with Crippen LogP contribution in [-0.2, 0) is 28.4 Å². The van der Waals surface area contributed by atoms with Crippen LogP contribution in [0.2, 0.25) is 0 Å². The van der Waals surface area contributed by atoms with Crippen LogP contribution >= 0.6 is 32.7 Å². The number of amides is 2. The molecule has 1 heterocycles. The molecule has 0 aliphatic carbocycles. The molecule has 0 bridgehead atoms. The van der Waals surface area contributed by atoms with Gasteiger partial charge in [-0.3, -0.25) is 35.5 Å². The summed E-state index contributed by atoms with van der Waals surface area (Å²) in [6.45, 7) is 3.61. The SMILES string of the molecule is CC(=O)OC(N)N.CN/N=C(\C)c1ccc(C=O)cc1.COP.ClCCl.O=CCCCCCN1C(=O)C=CC1=O. The molecule has 1 aromatic carbocycles. The first-order chi connectivity index (χ1) is 19.0. The second kappa shape index (κ2) is 29.3. The summed E-state index contributed by atoms with van der Waals surface area (Å²) in [7, 11) is 5.42. The van der Waals surface area contributed by atoms with Crippen molar-refractivity contribution >= 4 is 68.7 Å². The number of carbonyl (C=O) groups excluding carboxylic acids is 5. The molecular weight excluding hydrogens is 584 g/mol. The lowest BCUT2D eigenvalue weighted by Crippen LogP contribution is -2.34.